The Morgan fingerprint density at radius 2 is 2.12 bits per heavy atom. The van der Waals surface area contributed by atoms with Crippen LogP contribution in [-0.4, -0.2) is 19.3 Å². The minimum absolute atomic E-state index is 0.255. The third kappa shape index (κ3) is 2.77. The highest BCUT2D eigenvalue weighted by molar-refractivity contribution is 5.26. The molecule has 0 saturated carbocycles. The van der Waals surface area contributed by atoms with Gasteiger partial charge in [0.25, 0.3) is 0 Å². The first-order chi connectivity index (χ1) is 8.00. The first kappa shape index (κ1) is 12.3. The highest BCUT2D eigenvalue weighted by atomic mass is 19.4. The van der Waals surface area contributed by atoms with E-state index in [0.29, 0.717) is 12.2 Å². The van der Waals surface area contributed by atoms with Crippen LogP contribution in [0.3, 0.4) is 0 Å². The van der Waals surface area contributed by atoms with E-state index in [4.69, 9.17) is 15.2 Å². The zero-order chi connectivity index (χ0) is 12.5. The molecule has 1 fully saturated rings. The largest absolute Gasteiger partial charge is 0.416 e. The van der Waals surface area contributed by atoms with Gasteiger partial charge in [-0.05, 0) is 12.1 Å². The van der Waals surface area contributed by atoms with Crippen molar-refractivity contribution in [2.24, 2.45) is 5.73 Å². The first-order valence-electron chi connectivity index (χ1n) is 5.15. The van der Waals surface area contributed by atoms with E-state index in [1.165, 1.54) is 6.07 Å². The number of rotatable bonds is 2. The van der Waals surface area contributed by atoms with Gasteiger partial charge in [0, 0.05) is 12.1 Å². The van der Waals surface area contributed by atoms with Crippen LogP contribution in [0.15, 0.2) is 24.3 Å². The highest BCUT2D eigenvalue weighted by Crippen LogP contribution is 2.33. The number of alkyl halides is 3. The molecule has 0 bridgehead atoms. The van der Waals surface area contributed by atoms with Crippen LogP contribution in [0.2, 0.25) is 0 Å². The molecule has 0 spiro atoms. The zero-order valence-electron chi connectivity index (χ0n) is 8.91. The van der Waals surface area contributed by atoms with Crippen LogP contribution in [0.4, 0.5) is 13.2 Å². The molecule has 1 heterocycles. The van der Waals surface area contributed by atoms with E-state index in [-0.39, 0.29) is 12.6 Å². The van der Waals surface area contributed by atoms with Crippen LogP contribution in [0.5, 0.6) is 0 Å². The second kappa shape index (κ2) is 4.64. The summed E-state index contributed by atoms with van der Waals surface area (Å²) in [6.45, 7) is 0.590. The Morgan fingerprint density at radius 1 is 1.35 bits per heavy atom. The molecule has 0 aliphatic carbocycles. The molecule has 1 saturated heterocycles. The molecule has 6 heteroatoms. The number of ether oxygens (including phenoxy) is 2. The van der Waals surface area contributed by atoms with E-state index in [1.54, 1.807) is 6.07 Å². The van der Waals surface area contributed by atoms with Crippen molar-refractivity contribution in [3.63, 3.8) is 0 Å². The molecular weight excluding hydrogens is 235 g/mol. The molecule has 2 unspecified atom stereocenters. The molecule has 17 heavy (non-hydrogen) atoms. The predicted octanol–water partition coefficient (Wildman–Crippen LogP) is 2.08. The summed E-state index contributed by atoms with van der Waals surface area (Å²) in [5, 5.41) is 0. The predicted molar refractivity (Wildman–Crippen MR) is 54.1 cm³/mol. The van der Waals surface area contributed by atoms with Crippen LogP contribution in [0.25, 0.3) is 0 Å². The molecular formula is C11H12F3NO2. The molecule has 1 aliphatic heterocycles. The van der Waals surface area contributed by atoms with Crippen molar-refractivity contribution < 1.29 is 22.6 Å². The fraction of sp³-hybridized carbons (Fsp3) is 0.455. The molecule has 0 amide bonds. The Hall–Kier alpha value is -1.11. The summed E-state index contributed by atoms with van der Waals surface area (Å²) in [4.78, 5) is 0. The van der Waals surface area contributed by atoms with Gasteiger partial charge in [-0.3, -0.25) is 0 Å². The topological polar surface area (TPSA) is 44.5 Å². The van der Waals surface area contributed by atoms with Crippen LogP contribution < -0.4 is 5.73 Å². The van der Waals surface area contributed by atoms with Gasteiger partial charge in [0.05, 0.1) is 18.3 Å². The lowest BCUT2D eigenvalue weighted by Crippen LogP contribution is -2.21. The number of benzene rings is 1. The lowest BCUT2D eigenvalue weighted by molar-refractivity contribution is -0.137. The maximum Gasteiger partial charge on any atom is 0.416 e. The zero-order valence-corrected chi connectivity index (χ0v) is 8.91. The van der Waals surface area contributed by atoms with E-state index in [0.717, 1.165) is 12.1 Å². The highest BCUT2D eigenvalue weighted by Gasteiger charge is 2.32. The Kier molecular flexibility index (Phi) is 3.37. The van der Waals surface area contributed by atoms with Crippen molar-refractivity contribution in [1.82, 2.24) is 0 Å². The molecule has 1 aromatic rings. The molecule has 3 nitrogen and oxygen atoms in total. The van der Waals surface area contributed by atoms with Crippen molar-refractivity contribution in [2.45, 2.75) is 18.6 Å². The van der Waals surface area contributed by atoms with Gasteiger partial charge in [-0.25, -0.2) is 0 Å². The summed E-state index contributed by atoms with van der Waals surface area (Å²) in [5.74, 6) is 0. The summed E-state index contributed by atoms with van der Waals surface area (Å²) in [6, 6.07) is 4.92. The number of hydrogen-bond donors (Lipinski definition) is 1. The molecule has 0 radical (unpaired) electrons. The molecule has 2 rings (SSSR count). The van der Waals surface area contributed by atoms with Gasteiger partial charge in [0.2, 0.25) is 0 Å². The van der Waals surface area contributed by atoms with Gasteiger partial charge in [-0.15, -0.1) is 0 Å². The van der Waals surface area contributed by atoms with Gasteiger partial charge in [-0.2, -0.15) is 13.2 Å². The third-order valence-corrected chi connectivity index (χ3v) is 2.50. The van der Waals surface area contributed by atoms with Gasteiger partial charge >= 0.3 is 6.18 Å². The molecule has 0 aromatic heterocycles. The lowest BCUT2D eigenvalue weighted by atomic mass is 10.1. The van der Waals surface area contributed by atoms with Crippen LogP contribution in [0, 0.1) is 0 Å². The van der Waals surface area contributed by atoms with Crippen molar-refractivity contribution in [2.75, 3.05) is 13.2 Å². The molecule has 1 aromatic carbocycles. The molecule has 2 atom stereocenters. The van der Waals surface area contributed by atoms with Crippen LogP contribution >= 0.6 is 0 Å². The minimum Gasteiger partial charge on any atom is -0.346 e. The maximum absolute atomic E-state index is 12.5. The SMILES string of the molecule is NCC1COC(c2cccc(C(F)(F)F)c2)O1. The van der Waals surface area contributed by atoms with Crippen LogP contribution in [0.1, 0.15) is 17.4 Å². The van der Waals surface area contributed by atoms with Gasteiger partial charge < -0.3 is 15.2 Å². The Morgan fingerprint density at radius 3 is 2.71 bits per heavy atom. The van der Waals surface area contributed by atoms with Crippen LogP contribution in [-0.2, 0) is 15.7 Å². The second-order valence-electron chi connectivity index (χ2n) is 3.78. The summed E-state index contributed by atoms with van der Waals surface area (Å²) in [5.41, 5.74) is 5.04. The Balaban J connectivity index is 2.17. The smallest absolute Gasteiger partial charge is 0.346 e. The molecule has 1 aliphatic rings. The quantitative estimate of drug-likeness (QED) is 0.870. The fourth-order valence-corrected chi connectivity index (χ4v) is 1.61. The normalized spacial score (nSPS) is 25.2. The van der Waals surface area contributed by atoms with Crippen molar-refractivity contribution >= 4 is 0 Å². The average molecular weight is 247 g/mol. The number of halogens is 3. The van der Waals surface area contributed by atoms with E-state index in [2.05, 4.69) is 0 Å². The standard InChI is InChI=1S/C11H12F3NO2/c12-11(13,14)8-3-1-2-7(4-8)10-16-6-9(5-15)17-10/h1-4,9-10H,5-6,15H2. The monoisotopic (exact) mass is 247 g/mol. The average Bonchev–Trinajstić information content (AvgIpc) is 2.76. The first-order valence-corrected chi connectivity index (χ1v) is 5.15. The number of hydrogen-bond acceptors (Lipinski definition) is 3. The van der Waals surface area contributed by atoms with Crippen molar-refractivity contribution in [1.29, 1.82) is 0 Å². The van der Waals surface area contributed by atoms with Crippen molar-refractivity contribution in [3.05, 3.63) is 35.4 Å². The van der Waals surface area contributed by atoms with Gasteiger partial charge in [0.15, 0.2) is 6.29 Å². The fourth-order valence-electron chi connectivity index (χ4n) is 1.61. The summed E-state index contributed by atoms with van der Waals surface area (Å²) in [7, 11) is 0. The Bertz CT molecular complexity index is 395. The summed E-state index contributed by atoms with van der Waals surface area (Å²) in [6.07, 6.45) is -5.37. The molecule has 2 N–H and O–H groups in total. The van der Waals surface area contributed by atoms with Gasteiger partial charge in [0.1, 0.15) is 0 Å². The molecule has 94 valence electrons. The minimum atomic E-state index is -4.36. The van der Waals surface area contributed by atoms with E-state index in [9.17, 15) is 13.2 Å². The van der Waals surface area contributed by atoms with Gasteiger partial charge in [-0.1, -0.05) is 12.1 Å². The van der Waals surface area contributed by atoms with E-state index < -0.39 is 18.0 Å². The maximum atomic E-state index is 12.5. The Labute approximate surface area is 96.3 Å². The summed E-state index contributed by atoms with van der Waals surface area (Å²) < 4.78 is 48.1. The summed E-state index contributed by atoms with van der Waals surface area (Å²) >= 11 is 0. The van der Waals surface area contributed by atoms with E-state index in [1.807, 2.05) is 0 Å². The number of nitrogens with two attached hydrogens (primary N) is 1. The third-order valence-electron chi connectivity index (χ3n) is 2.50. The lowest BCUT2D eigenvalue weighted by Gasteiger charge is -2.13. The van der Waals surface area contributed by atoms with E-state index >= 15 is 0 Å². The van der Waals surface area contributed by atoms with Crippen molar-refractivity contribution in [3.8, 4) is 0 Å². The second-order valence-corrected chi connectivity index (χ2v) is 3.78.